The van der Waals surface area contributed by atoms with Crippen LogP contribution in [0.1, 0.15) is 27.6 Å². The van der Waals surface area contributed by atoms with E-state index in [0.717, 1.165) is 39.4 Å². The Hall–Kier alpha value is -1.18. The van der Waals surface area contributed by atoms with Gasteiger partial charge in [-0.2, -0.15) is 0 Å². The Bertz CT molecular complexity index is 608. The van der Waals surface area contributed by atoms with Gasteiger partial charge in [0.25, 0.3) is 0 Å². The van der Waals surface area contributed by atoms with Crippen molar-refractivity contribution in [2.45, 2.75) is 25.6 Å². The Balaban J connectivity index is 2.28. The molecule has 0 fully saturated rings. The van der Waals surface area contributed by atoms with Crippen molar-refractivity contribution < 1.29 is 4.74 Å². The van der Waals surface area contributed by atoms with E-state index in [9.17, 15) is 0 Å². The average molecular weight is 309 g/mol. The summed E-state index contributed by atoms with van der Waals surface area (Å²) in [7, 11) is 1.68. The van der Waals surface area contributed by atoms with Crippen LogP contribution in [0.2, 0.25) is 5.02 Å². The summed E-state index contributed by atoms with van der Waals surface area (Å²) in [6.07, 6.45) is 0.730. The maximum Gasteiger partial charge on any atom is 0.122 e. The van der Waals surface area contributed by atoms with E-state index in [4.69, 9.17) is 27.9 Å². The van der Waals surface area contributed by atoms with Crippen molar-refractivity contribution in [2.75, 3.05) is 7.11 Å². The molecule has 1 unspecified atom stereocenters. The predicted octanol–water partition coefficient (Wildman–Crippen LogP) is 5.49. The molecule has 0 N–H and O–H groups in total. The first-order chi connectivity index (χ1) is 9.52. The van der Waals surface area contributed by atoms with Gasteiger partial charge >= 0.3 is 0 Å². The number of hydrogen-bond acceptors (Lipinski definition) is 1. The van der Waals surface area contributed by atoms with E-state index >= 15 is 0 Å². The van der Waals surface area contributed by atoms with Crippen LogP contribution in [0, 0.1) is 13.8 Å². The van der Waals surface area contributed by atoms with Gasteiger partial charge in [-0.3, -0.25) is 0 Å². The van der Waals surface area contributed by atoms with Crippen LogP contribution in [0.25, 0.3) is 0 Å². The van der Waals surface area contributed by atoms with Gasteiger partial charge in [-0.25, -0.2) is 0 Å². The normalized spacial score (nSPS) is 12.2. The topological polar surface area (TPSA) is 9.23 Å². The van der Waals surface area contributed by atoms with Crippen molar-refractivity contribution in [1.29, 1.82) is 0 Å². The van der Waals surface area contributed by atoms with Gasteiger partial charge in [0, 0.05) is 5.02 Å². The van der Waals surface area contributed by atoms with Crippen LogP contribution >= 0.6 is 23.2 Å². The van der Waals surface area contributed by atoms with E-state index in [-0.39, 0.29) is 5.38 Å². The van der Waals surface area contributed by atoms with Gasteiger partial charge in [0.15, 0.2) is 0 Å². The highest BCUT2D eigenvalue weighted by molar-refractivity contribution is 6.31. The second kappa shape index (κ2) is 6.51. The summed E-state index contributed by atoms with van der Waals surface area (Å²) in [6.45, 7) is 4.04. The molecule has 0 radical (unpaired) electrons. The van der Waals surface area contributed by atoms with Crippen LogP contribution < -0.4 is 4.74 Å². The van der Waals surface area contributed by atoms with Crippen molar-refractivity contribution in [2.24, 2.45) is 0 Å². The highest BCUT2D eigenvalue weighted by Crippen LogP contribution is 2.33. The maximum absolute atomic E-state index is 6.60. The number of aryl methyl sites for hydroxylation is 2. The smallest absolute Gasteiger partial charge is 0.122 e. The number of halogens is 2. The molecular weight excluding hydrogens is 291 g/mol. The van der Waals surface area contributed by atoms with Gasteiger partial charge in [0.1, 0.15) is 5.75 Å². The van der Waals surface area contributed by atoms with E-state index in [1.165, 1.54) is 0 Å². The van der Waals surface area contributed by atoms with Crippen LogP contribution in [0.15, 0.2) is 36.4 Å². The van der Waals surface area contributed by atoms with Gasteiger partial charge in [-0.05, 0) is 54.7 Å². The van der Waals surface area contributed by atoms with Crippen molar-refractivity contribution in [3.05, 3.63) is 63.7 Å². The molecule has 2 aromatic rings. The molecule has 2 aromatic carbocycles. The summed E-state index contributed by atoms with van der Waals surface area (Å²) in [6, 6.07) is 12.0. The first-order valence-corrected chi connectivity index (χ1v) is 7.37. The maximum atomic E-state index is 6.60. The monoisotopic (exact) mass is 308 g/mol. The molecule has 1 atom stereocenters. The fraction of sp³-hybridized carbons (Fsp3) is 0.294. The summed E-state index contributed by atoms with van der Waals surface area (Å²) in [5, 5.41) is 0.690. The molecule has 0 heterocycles. The lowest BCUT2D eigenvalue weighted by atomic mass is 9.98. The highest BCUT2D eigenvalue weighted by Gasteiger charge is 2.15. The molecule has 0 bridgehead atoms. The molecule has 0 aliphatic heterocycles. The molecule has 2 rings (SSSR count). The van der Waals surface area contributed by atoms with Crippen molar-refractivity contribution in [3.63, 3.8) is 0 Å². The van der Waals surface area contributed by atoms with Crippen molar-refractivity contribution in [3.8, 4) is 5.75 Å². The minimum atomic E-state index is -0.0951. The molecule has 0 aliphatic carbocycles. The Labute approximate surface area is 130 Å². The summed E-state index contributed by atoms with van der Waals surface area (Å²) < 4.78 is 5.38. The number of hydrogen-bond donors (Lipinski definition) is 0. The molecule has 1 nitrogen and oxygen atoms in total. The third-order valence-electron chi connectivity index (χ3n) is 3.48. The van der Waals surface area contributed by atoms with E-state index in [0.29, 0.717) is 0 Å². The Morgan fingerprint density at radius 3 is 2.50 bits per heavy atom. The second-order valence-electron chi connectivity index (χ2n) is 4.94. The van der Waals surface area contributed by atoms with Crippen LogP contribution in [-0.4, -0.2) is 7.11 Å². The van der Waals surface area contributed by atoms with E-state index in [2.05, 4.69) is 6.07 Å². The van der Waals surface area contributed by atoms with Gasteiger partial charge in [0.05, 0.1) is 12.5 Å². The summed E-state index contributed by atoms with van der Waals surface area (Å²) in [4.78, 5) is 0. The zero-order chi connectivity index (χ0) is 14.7. The third kappa shape index (κ3) is 3.28. The molecule has 0 aromatic heterocycles. The van der Waals surface area contributed by atoms with Crippen LogP contribution in [-0.2, 0) is 6.42 Å². The average Bonchev–Trinajstić information content (AvgIpc) is 2.43. The molecule has 3 heteroatoms. The number of benzene rings is 2. The fourth-order valence-electron chi connectivity index (χ4n) is 2.32. The Morgan fingerprint density at radius 2 is 1.80 bits per heavy atom. The SMILES string of the molecule is COc1ccccc1CC(Cl)c1cc(C)c(Cl)cc1C. The van der Waals surface area contributed by atoms with E-state index in [1.54, 1.807) is 7.11 Å². The molecule has 0 spiro atoms. The first kappa shape index (κ1) is 15.2. The number of para-hydroxylation sites is 1. The summed E-state index contributed by atoms with van der Waals surface area (Å²) in [5.41, 5.74) is 4.41. The van der Waals surface area contributed by atoms with Crippen LogP contribution in [0.5, 0.6) is 5.75 Å². The number of ether oxygens (including phenoxy) is 1. The van der Waals surface area contributed by atoms with Gasteiger partial charge < -0.3 is 4.74 Å². The standard InChI is InChI=1S/C17H18Cl2O/c1-11-9-15(18)12(2)8-14(11)16(19)10-13-6-4-5-7-17(13)20-3/h4-9,16H,10H2,1-3H3. The zero-order valence-electron chi connectivity index (χ0n) is 11.9. The number of rotatable bonds is 4. The largest absolute Gasteiger partial charge is 0.496 e. The molecule has 0 saturated carbocycles. The summed E-state index contributed by atoms with van der Waals surface area (Å²) in [5.74, 6) is 0.876. The third-order valence-corrected chi connectivity index (χ3v) is 4.27. The van der Waals surface area contributed by atoms with Gasteiger partial charge in [-0.15, -0.1) is 11.6 Å². The van der Waals surface area contributed by atoms with Gasteiger partial charge in [-0.1, -0.05) is 35.9 Å². The zero-order valence-corrected chi connectivity index (χ0v) is 13.4. The molecule has 0 amide bonds. The lowest BCUT2D eigenvalue weighted by Gasteiger charge is -2.16. The Morgan fingerprint density at radius 1 is 1.10 bits per heavy atom. The lowest BCUT2D eigenvalue weighted by Crippen LogP contribution is -2.01. The van der Waals surface area contributed by atoms with E-state index < -0.39 is 0 Å². The highest BCUT2D eigenvalue weighted by atomic mass is 35.5. The molecular formula is C17H18Cl2O. The molecule has 20 heavy (non-hydrogen) atoms. The van der Waals surface area contributed by atoms with Crippen molar-refractivity contribution in [1.82, 2.24) is 0 Å². The van der Waals surface area contributed by atoms with Crippen LogP contribution in [0.4, 0.5) is 0 Å². The van der Waals surface area contributed by atoms with E-state index in [1.807, 2.05) is 44.2 Å². The Kier molecular flexibility index (Phi) is 4.95. The fourth-order valence-corrected chi connectivity index (χ4v) is 2.93. The lowest BCUT2D eigenvalue weighted by molar-refractivity contribution is 0.409. The minimum Gasteiger partial charge on any atom is -0.496 e. The van der Waals surface area contributed by atoms with Crippen molar-refractivity contribution >= 4 is 23.2 Å². The quantitative estimate of drug-likeness (QED) is 0.679. The second-order valence-corrected chi connectivity index (χ2v) is 5.88. The molecule has 106 valence electrons. The molecule has 0 aliphatic rings. The minimum absolute atomic E-state index is 0.0951. The first-order valence-electron chi connectivity index (χ1n) is 6.55. The van der Waals surface area contributed by atoms with Crippen LogP contribution in [0.3, 0.4) is 0 Å². The summed E-state index contributed by atoms with van der Waals surface area (Å²) >= 11 is 12.7. The van der Waals surface area contributed by atoms with Gasteiger partial charge in [0.2, 0.25) is 0 Å². The number of methoxy groups -OCH3 is 1. The number of alkyl halides is 1. The molecule has 0 saturated heterocycles. The predicted molar refractivity (Wildman–Crippen MR) is 86.2 cm³/mol.